The second-order valence-electron chi connectivity index (χ2n) is 5.36. The number of carbonyl (C=O) groups is 1. The Bertz CT molecular complexity index is 786. The van der Waals surface area contributed by atoms with E-state index in [4.69, 9.17) is 11.6 Å². The maximum atomic E-state index is 12.2. The third-order valence-electron chi connectivity index (χ3n) is 2.79. The van der Waals surface area contributed by atoms with Crippen LogP contribution in [-0.4, -0.2) is 30.3 Å². The summed E-state index contributed by atoms with van der Waals surface area (Å²) in [6.07, 6.45) is 0.761. The van der Waals surface area contributed by atoms with Crippen LogP contribution in [0.5, 0.6) is 0 Å². The Morgan fingerprint density at radius 3 is 2.52 bits per heavy atom. The molecule has 9 heteroatoms. The summed E-state index contributed by atoms with van der Waals surface area (Å²) in [6.45, 7) is 4.11. The van der Waals surface area contributed by atoms with Gasteiger partial charge in [-0.05, 0) is 30.2 Å². The van der Waals surface area contributed by atoms with Crippen LogP contribution in [0.2, 0.25) is 5.02 Å². The van der Waals surface area contributed by atoms with Gasteiger partial charge in [0.05, 0.1) is 4.90 Å². The highest BCUT2D eigenvalue weighted by molar-refractivity contribution is 7.92. The largest absolute Gasteiger partial charge is 0.300 e. The van der Waals surface area contributed by atoms with Crippen molar-refractivity contribution in [3.63, 3.8) is 0 Å². The number of nitrogens with zero attached hydrogens (tertiary/aromatic N) is 2. The maximum Gasteiger partial charge on any atom is 0.241 e. The van der Waals surface area contributed by atoms with Gasteiger partial charge in [0, 0.05) is 11.4 Å². The van der Waals surface area contributed by atoms with Crippen molar-refractivity contribution >= 4 is 43.8 Å². The van der Waals surface area contributed by atoms with Gasteiger partial charge in [0.15, 0.2) is 9.84 Å². The zero-order valence-corrected chi connectivity index (χ0v) is 15.0. The first-order valence-corrected chi connectivity index (χ1v) is 9.71. The van der Waals surface area contributed by atoms with Crippen molar-refractivity contribution < 1.29 is 13.2 Å². The Labute approximate surface area is 143 Å². The van der Waals surface area contributed by atoms with Crippen molar-refractivity contribution in [3.8, 4) is 0 Å². The molecule has 2 aromatic rings. The predicted octanol–water partition coefficient (Wildman–Crippen LogP) is 2.80. The first-order valence-electron chi connectivity index (χ1n) is 6.87. The topological polar surface area (TPSA) is 89.0 Å². The van der Waals surface area contributed by atoms with Gasteiger partial charge in [0.25, 0.3) is 0 Å². The molecule has 1 aromatic carbocycles. The van der Waals surface area contributed by atoms with Crippen LogP contribution in [0.1, 0.15) is 18.9 Å². The lowest BCUT2D eigenvalue weighted by Crippen LogP contribution is -2.22. The molecule has 0 bridgehead atoms. The molecule has 2 rings (SSSR count). The summed E-state index contributed by atoms with van der Waals surface area (Å²) in [5.41, 5.74) is 0. The van der Waals surface area contributed by atoms with Crippen LogP contribution in [0, 0.1) is 5.92 Å². The molecule has 1 N–H and O–H groups in total. The number of amides is 1. The van der Waals surface area contributed by atoms with Gasteiger partial charge in [-0.1, -0.05) is 36.8 Å². The number of aromatic nitrogens is 2. The van der Waals surface area contributed by atoms with E-state index in [1.54, 1.807) is 0 Å². The van der Waals surface area contributed by atoms with Crippen LogP contribution < -0.4 is 5.32 Å². The zero-order chi connectivity index (χ0) is 17.0. The lowest BCUT2D eigenvalue weighted by Gasteiger charge is -2.04. The van der Waals surface area contributed by atoms with Gasteiger partial charge in [0.1, 0.15) is 10.8 Å². The van der Waals surface area contributed by atoms with Crippen LogP contribution in [0.25, 0.3) is 0 Å². The van der Waals surface area contributed by atoms with Crippen LogP contribution in [0.15, 0.2) is 29.2 Å². The first kappa shape index (κ1) is 17.8. The average molecular weight is 374 g/mol. The molecule has 0 radical (unpaired) electrons. The Kier molecular flexibility index (Phi) is 5.72. The van der Waals surface area contributed by atoms with Gasteiger partial charge in [-0.3, -0.25) is 10.1 Å². The Hall–Kier alpha value is -1.51. The van der Waals surface area contributed by atoms with E-state index in [9.17, 15) is 13.2 Å². The minimum Gasteiger partial charge on any atom is -0.300 e. The van der Waals surface area contributed by atoms with Crippen LogP contribution >= 0.6 is 22.9 Å². The monoisotopic (exact) mass is 373 g/mol. The number of hydrogen-bond acceptors (Lipinski definition) is 6. The number of carbonyl (C=O) groups excluding carboxylic acids is 1. The van der Waals surface area contributed by atoms with E-state index in [1.165, 1.54) is 35.6 Å². The Morgan fingerprint density at radius 1 is 1.26 bits per heavy atom. The number of nitrogens with one attached hydrogen (secondary N) is 1. The molecule has 23 heavy (non-hydrogen) atoms. The number of rotatable bonds is 6. The highest BCUT2D eigenvalue weighted by Crippen LogP contribution is 2.19. The van der Waals surface area contributed by atoms with E-state index >= 15 is 0 Å². The van der Waals surface area contributed by atoms with E-state index < -0.39 is 21.5 Å². The maximum absolute atomic E-state index is 12.2. The molecule has 0 aliphatic heterocycles. The molecule has 1 amide bonds. The fourth-order valence-electron chi connectivity index (χ4n) is 1.79. The summed E-state index contributed by atoms with van der Waals surface area (Å²) in [5, 5.41) is 11.8. The van der Waals surface area contributed by atoms with E-state index in [0.29, 0.717) is 16.1 Å². The number of halogens is 1. The number of hydrogen-bond donors (Lipinski definition) is 1. The molecular formula is C14H16ClN3O3S2. The van der Waals surface area contributed by atoms with Gasteiger partial charge in [-0.15, -0.1) is 10.2 Å². The van der Waals surface area contributed by atoms with E-state index in [-0.39, 0.29) is 4.90 Å². The Morgan fingerprint density at radius 2 is 1.91 bits per heavy atom. The van der Waals surface area contributed by atoms with Crippen molar-refractivity contribution in [3.05, 3.63) is 34.3 Å². The second kappa shape index (κ2) is 7.37. The SMILES string of the molecule is CC(C)Cc1nnc(NC(=O)CS(=O)(=O)c2ccc(Cl)cc2)s1. The minimum atomic E-state index is -3.72. The summed E-state index contributed by atoms with van der Waals surface area (Å²) >= 11 is 6.97. The fraction of sp³-hybridized carbons (Fsp3) is 0.357. The normalized spacial score (nSPS) is 11.7. The molecule has 124 valence electrons. The number of benzene rings is 1. The van der Waals surface area contributed by atoms with Crippen molar-refractivity contribution in [1.29, 1.82) is 0 Å². The summed E-state index contributed by atoms with van der Waals surface area (Å²) < 4.78 is 24.3. The molecule has 1 aromatic heterocycles. The molecular weight excluding hydrogens is 358 g/mol. The predicted molar refractivity (Wildman–Crippen MR) is 90.6 cm³/mol. The lowest BCUT2D eigenvalue weighted by atomic mass is 10.1. The molecule has 0 fully saturated rings. The number of anilines is 1. The molecule has 0 spiro atoms. The Balaban J connectivity index is 2.01. The van der Waals surface area contributed by atoms with Crippen LogP contribution in [-0.2, 0) is 21.1 Å². The van der Waals surface area contributed by atoms with E-state index in [1.807, 2.05) is 0 Å². The van der Waals surface area contributed by atoms with Crippen molar-refractivity contribution in [2.24, 2.45) is 5.92 Å². The van der Waals surface area contributed by atoms with Gasteiger partial charge < -0.3 is 0 Å². The minimum absolute atomic E-state index is 0.0508. The summed E-state index contributed by atoms with van der Waals surface area (Å²) in [7, 11) is -3.72. The van der Waals surface area contributed by atoms with Crippen molar-refractivity contribution in [1.82, 2.24) is 10.2 Å². The van der Waals surface area contributed by atoms with E-state index in [0.717, 1.165) is 11.4 Å². The summed E-state index contributed by atoms with van der Waals surface area (Å²) in [6, 6.07) is 5.68. The molecule has 1 heterocycles. The average Bonchev–Trinajstić information content (AvgIpc) is 2.84. The van der Waals surface area contributed by atoms with Crippen LogP contribution in [0.3, 0.4) is 0 Å². The highest BCUT2D eigenvalue weighted by Gasteiger charge is 2.20. The summed E-state index contributed by atoms with van der Waals surface area (Å²) in [5.74, 6) is -0.878. The van der Waals surface area contributed by atoms with Gasteiger partial charge >= 0.3 is 0 Å². The smallest absolute Gasteiger partial charge is 0.241 e. The third-order valence-corrected chi connectivity index (χ3v) is 5.54. The molecule has 0 saturated heterocycles. The first-order chi connectivity index (χ1) is 10.8. The van der Waals surface area contributed by atoms with Gasteiger partial charge in [-0.25, -0.2) is 8.42 Å². The fourth-order valence-corrected chi connectivity index (χ4v) is 4.02. The molecule has 0 atom stereocenters. The summed E-state index contributed by atoms with van der Waals surface area (Å²) in [4.78, 5) is 12.0. The molecule has 6 nitrogen and oxygen atoms in total. The molecule has 0 saturated carbocycles. The number of sulfone groups is 1. The molecule has 0 aliphatic carbocycles. The highest BCUT2D eigenvalue weighted by atomic mass is 35.5. The van der Waals surface area contributed by atoms with Crippen LogP contribution in [0.4, 0.5) is 5.13 Å². The van der Waals surface area contributed by atoms with E-state index in [2.05, 4.69) is 29.4 Å². The zero-order valence-electron chi connectivity index (χ0n) is 12.6. The second-order valence-corrected chi connectivity index (χ2v) is 8.85. The molecule has 0 unspecified atom stereocenters. The lowest BCUT2D eigenvalue weighted by molar-refractivity contribution is -0.113. The third kappa shape index (κ3) is 5.26. The van der Waals surface area contributed by atoms with Crippen molar-refractivity contribution in [2.75, 3.05) is 11.1 Å². The van der Waals surface area contributed by atoms with Gasteiger partial charge in [-0.2, -0.15) is 0 Å². The quantitative estimate of drug-likeness (QED) is 0.840. The standard InChI is InChI=1S/C14H16ClN3O3S2/c1-9(2)7-13-17-18-14(22-13)16-12(19)8-23(20,21)11-5-3-10(15)4-6-11/h3-6,9H,7-8H2,1-2H3,(H,16,18,19). The molecule has 0 aliphatic rings. The van der Waals surface area contributed by atoms with Crippen molar-refractivity contribution in [2.45, 2.75) is 25.2 Å². The van der Waals surface area contributed by atoms with Gasteiger partial charge in [0.2, 0.25) is 11.0 Å².